The van der Waals surface area contributed by atoms with Crippen LogP contribution in [0, 0.1) is 0 Å². The Morgan fingerprint density at radius 1 is 1.60 bits per heavy atom. The normalized spacial score (nSPS) is 19.7. The summed E-state index contributed by atoms with van der Waals surface area (Å²) in [4.78, 5) is 6.21. The van der Waals surface area contributed by atoms with Crippen molar-refractivity contribution >= 4 is 18.2 Å². The molecule has 0 bridgehead atoms. The van der Waals surface area contributed by atoms with Crippen molar-refractivity contribution in [1.29, 1.82) is 0 Å². The van der Waals surface area contributed by atoms with Crippen LogP contribution in [0.25, 0.3) is 0 Å². The highest BCUT2D eigenvalue weighted by molar-refractivity contribution is 5.85. The molecule has 2 rings (SSSR count). The zero-order valence-corrected chi connectivity index (χ0v) is 9.50. The monoisotopic (exact) mass is 229 g/mol. The molecule has 0 amide bonds. The van der Waals surface area contributed by atoms with Crippen molar-refractivity contribution in [3.8, 4) is 5.75 Å². The van der Waals surface area contributed by atoms with Gasteiger partial charge >= 0.3 is 0 Å². The molecule has 4 nitrogen and oxygen atoms in total. The molecule has 1 aromatic heterocycles. The Bertz CT molecular complexity index is 315. The molecule has 0 radical (unpaired) electrons. The first-order chi connectivity index (χ1) is 6.79. The lowest BCUT2D eigenvalue weighted by Crippen LogP contribution is -2.33. The van der Waals surface area contributed by atoms with Crippen LogP contribution >= 0.6 is 12.4 Å². The average Bonchev–Trinajstić information content (AvgIpc) is 2.70. The minimum Gasteiger partial charge on any atom is -0.504 e. The number of nitrogens with one attached hydrogen (secondary N) is 1. The number of hydrogen-bond acceptors (Lipinski definition) is 4. The van der Waals surface area contributed by atoms with Crippen LogP contribution in [0.15, 0.2) is 18.3 Å². The van der Waals surface area contributed by atoms with Crippen LogP contribution in [-0.2, 0) is 0 Å². The van der Waals surface area contributed by atoms with Crippen molar-refractivity contribution < 1.29 is 5.11 Å². The van der Waals surface area contributed by atoms with E-state index in [0.717, 1.165) is 19.5 Å². The van der Waals surface area contributed by atoms with Gasteiger partial charge in [-0.25, -0.2) is 4.98 Å². The Kier molecular flexibility index (Phi) is 4.17. The van der Waals surface area contributed by atoms with Gasteiger partial charge in [-0.3, -0.25) is 0 Å². The number of aromatic nitrogens is 1. The van der Waals surface area contributed by atoms with E-state index in [2.05, 4.69) is 10.3 Å². The predicted octanol–water partition coefficient (Wildman–Crippen LogP) is 1.01. The summed E-state index contributed by atoms with van der Waals surface area (Å²) in [7, 11) is 1.97. The summed E-state index contributed by atoms with van der Waals surface area (Å²) in [6, 6.07) is 3.84. The van der Waals surface area contributed by atoms with E-state index in [0.29, 0.717) is 11.9 Å². The Hall–Kier alpha value is -1.00. The molecule has 1 aromatic rings. The number of halogens is 1. The van der Waals surface area contributed by atoms with Crippen molar-refractivity contribution in [2.75, 3.05) is 25.0 Å². The number of aromatic hydroxyl groups is 1. The summed E-state index contributed by atoms with van der Waals surface area (Å²) >= 11 is 0. The van der Waals surface area contributed by atoms with Crippen molar-refractivity contribution in [1.82, 2.24) is 10.3 Å². The third-order valence-corrected chi connectivity index (χ3v) is 2.68. The molecule has 0 unspecified atom stereocenters. The lowest BCUT2D eigenvalue weighted by Gasteiger charge is -2.25. The van der Waals surface area contributed by atoms with E-state index in [-0.39, 0.29) is 18.2 Å². The lowest BCUT2D eigenvalue weighted by molar-refractivity contribution is 0.469. The van der Waals surface area contributed by atoms with E-state index in [1.54, 1.807) is 18.3 Å². The van der Waals surface area contributed by atoms with Crippen molar-refractivity contribution in [2.24, 2.45) is 0 Å². The highest BCUT2D eigenvalue weighted by atomic mass is 35.5. The fourth-order valence-corrected chi connectivity index (χ4v) is 1.80. The maximum absolute atomic E-state index is 9.62. The highest BCUT2D eigenvalue weighted by Crippen LogP contribution is 2.25. The van der Waals surface area contributed by atoms with Crippen LogP contribution < -0.4 is 10.2 Å². The Morgan fingerprint density at radius 2 is 2.40 bits per heavy atom. The molecule has 0 aromatic carbocycles. The van der Waals surface area contributed by atoms with Gasteiger partial charge in [-0.1, -0.05) is 0 Å². The lowest BCUT2D eigenvalue weighted by atomic mass is 10.2. The van der Waals surface area contributed by atoms with Gasteiger partial charge in [0, 0.05) is 25.8 Å². The summed E-state index contributed by atoms with van der Waals surface area (Å²) in [5.74, 6) is 0.920. The van der Waals surface area contributed by atoms with Crippen LogP contribution in [-0.4, -0.2) is 36.3 Å². The molecule has 1 aliphatic heterocycles. The van der Waals surface area contributed by atoms with E-state index in [4.69, 9.17) is 0 Å². The first-order valence-corrected chi connectivity index (χ1v) is 4.86. The smallest absolute Gasteiger partial charge is 0.171 e. The third-order valence-electron chi connectivity index (χ3n) is 2.68. The van der Waals surface area contributed by atoms with Gasteiger partial charge in [-0.15, -0.1) is 12.4 Å². The van der Waals surface area contributed by atoms with Gasteiger partial charge < -0.3 is 15.3 Å². The van der Waals surface area contributed by atoms with Crippen LogP contribution in [0.1, 0.15) is 6.42 Å². The fourth-order valence-electron chi connectivity index (χ4n) is 1.80. The van der Waals surface area contributed by atoms with Crippen molar-refractivity contribution in [2.45, 2.75) is 12.5 Å². The van der Waals surface area contributed by atoms with E-state index in [9.17, 15) is 5.11 Å². The number of nitrogens with zero attached hydrogens (tertiary/aromatic N) is 2. The minimum atomic E-state index is 0. The molecule has 0 spiro atoms. The maximum Gasteiger partial charge on any atom is 0.171 e. The number of rotatable bonds is 2. The Balaban J connectivity index is 0.00000112. The van der Waals surface area contributed by atoms with E-state index >= 15 is 0 Å². The molecule has 84 valence electrons. The first kappa shape index (κ1) is 12.1. The molecule has 1 saturated heterocycles. The summed E-state index contributed by atoms with van der Waals surface area (Å²) in [5.41, 5.74) is 0. The van der Waals surface area contributed by atoms with Gasteiger partial charge in [0.2, 0.25) is 0 Å². The van der Waals surface area contributed by atoms with Gasteiger partial charge in [0.25, 0.3) is 0 Å². The maximum atomic E-state index is 9.62. The molecule has 5 heteroatoms. The zero-order chi connectivity index (χ0) is 9.97. The van der Waals surface area contributed by atoms with Gasteiger partial charge in [0.05, 0.1) is 0 Å². The van der Waals surface area contributed by atoms with Crippen molar-refractivity contribution in [3.63, 3.8) is 0 Å². The number of likely N-dealkylation sites (N-methyl/N-ethyl adjacent to an activating group) is 1. The molecule has 1 aliphatic rings. The predicted molar refractivity (Wildman–Crippen MR) is 62.8 cm³/mol. The van der Waals surface area contributed by atoms with Crippen LogP contribution in [0.5, 0.6) is 5.75 Å². The fraction of sp³-hybridized carbons (Fsp3) is 0.500. The van der Waals surface area contributed by atoms with Crippen molar-refractivity contribution in [3.05, 3.63) is 18.3 Å². The molecule has 2 heterocycles. The zero-order valence-electron chi connectivity index (χ0n) is 8.68. The summed E-state index contributed by atoms with van der Waals surface area (Å²) < 4.78 is 0. The molecule has 1 atom stereocenters. The molecular weight excluding hydrogens is 214 g/mol. The molecule has 15 heavy (non-hydrogen) atoms. The van der Waals surface area contributed by atoms with Gasteiger partial charge in [0.15, 0.2) is 11.6 Å². The Morgan fingerprint density at radius 3 is 3.00 bits per heavy atom. The topological polar surface area (TPSA) is 48.4 Å². The summed E-state index contributed by atoms with van der Waals surface area (Å²) in [5, 5.41) is 12.9. The summed E-state index contributed by atoms with van der Waals surface area (Å²) in [6.07, 6.45) is 2.81. The van der Waals surface area contributed by atoms with Gasteiger partial charge in [-0.05, 0) is 25.1 Å². The first-order valence-electron chi connectivity index (χ1n) is 4.86. The van der Waals surface area contributed by atoms with E-state index in [1.165, 1.54) is 0 Å². The van der Waals surface area contributed by atoms with E-state index < -0.39 is 0 Å². The molecule has 0 saturated carbocycles. The Labute approximate surface area is 95.7 Å². The second kappa shape index (κ2) is 5.19. The van der Waals surface area contributed by atoms with Crippen LogP contribution in [0.3, 0.4) is 0 Å². The molecule has 2 N–H and O–H groups in total. The van der Waals surface area contributed by atoms with Gasteiger partial charge in [0.1, 0.15) is 0 Å². The number of anilines is 1. The average molecular weight is 230 g/mol. The summed E-state index contributed by atoms with van der Waals surface area (Å²) in [6.45, 7) is 2.01. The third kappa shape index (κ3) is 2.52. The van der Waals surface area contributed by atoms with E-state index in [1.807, 2.05) is 11.9 Å². The minimum absolute atomic E-state index is 0. The number of pyridine rings is 1. The second-order valence-corrected chi connectivity index (χ2v) is 3.60. The van der Waals surface area contributed by atoms with Crippen LogP contribution in [0.2, 0.25) is 0 Å². The second-order valence-electron chi connectivity index (χ2n) is 3.60. The van der Waals surface area contributed by atoms with Gasteiger partial charge in [-0.2, -0.15) is 0 Å². The quantitative estimate of drug-likeness (QED) is 0.795. The molecule has 1 fully saturated rings. The largest absolute Gasteiger partial charge is 0.504 e. The van der Waals surface area contributed by atoms with Crippen LogP contribution in [0.4, 0.5) is 5.82 Å². The molecular formula is C10H16ClN3O. The molecule has 0 aliphatic carbocycles. The SMILES string of the molecule is CN(c1ncccc1O)[C@H]1CCNC1.Cl. The highest BCUT2D eigenvalue weighted by Gasteiger charge is 2.21. The standard InChI is InChI=1S/C10H15N3O.ClH/c1-13(8-4-6-11-7-8)10-9(14)3-2-5-12-10;/h2-3,5,8,11,14H,4,6-7H2,1H3;1H/t8-;/m0./s1. The number of hydrogen-bond donors (Lipinski definition) is 2.